The van der Waals surface area contributed by atoms with Gasteiger partial charge in [0.05, 0.1) is 22.0 Å². The first kappa shape index (κ1) is 12.7. The molecule has 2 N–H and O–H groups in total. The second kappa shape index (κ2) is 5.25. The number of carboxylic acid groups (broad SMARTS) is 1. The molecule has 0 spiro atoms. The molecule has 1 aromatic heterocycles. The molecule has 0 amide bonds. The maximum Gasteiger partial charge on any atom is 0.337 e. The Hall–Kier alpha value is -0.780. The molecule has 17 heavy (non-hydrogen) atoms. The van der Waals surface area contributed by atoms with E-state index >= 15 is 0 Å². The molecule has 4 nitrogen and oxygen atoms in total. The number of aromatic nitrogens is 1. The van der Waals surface area contributed by atoms with Crippen LogP contribution in [0.4, 0.5) is 0 Å². The highest BCUT2D eigenvalue weighted by molar-refractivity contribution is 7.98. The average Bonchev–Trinajstić information content (AvgIpc) is 2.30. The summed E-state index contributed by atoms with van der Waals surface area (Å²) in [7, 11) is 1.78. The van der Waals surface area contributed by atoms with Gasteiger partial charge in [-0.2, -0.15) is 11.8 Å². The lowest BCUT2D eigenvalue weighted by Crippen LogP contribution is -2.17. The molecule has 2 rings (SSSR count). The van der Waals surface area contributed by atoms with Crippen molar-refractivity contribution >= 4 is 29.3 Å². The van der Waals surface area contributed by atoms with E-state index in [1.807, 2.05) is 0 Å². The number of carboxylic acids is 1. The Morgan fingerprint density at radius 1 is 1.65 bits per heavy atom. The molecule has 1 aromatic rings. The smallest absolute Gasteiger partial charge is 0.337 e. The largest absolute Gasteiger partial charge is 0.478 e. The number of fused-ring (bicyclic) bond motifs is 1. The van der Waals surface area contributed by atoms with E-state index in [2.05, 4.69) is 10.3 Å². The normalized spacial score (nSPS) is 14.5. The van der Waals surface area contributed by atoms with Crippen molar-refractivity contribution in [3.8, 4) is 0 Å². The van der Waals surface area contributed by atoms with Crippen LogP contribution in [-0.4, -0.2) is 28.9 Å². The van der Waals surface area contributed by atoms with Crippen LogP contribution in [0.15, 0.2) is 0 Å². The van der Waals surface area contributed by atoms with Crippen molar-refractivity contribution in [2.24, 2.45) is 0 Å². The van der Waals surface area contributed by atoms with E-state index < -0.39 is 5.97 Å². The quantitative estimate of drug-likeness (QED) is 0.881. The van der Waals surface area contributed by atoms with Gasteiger partial charge in [-0.3, -0.25) is 4.98 Å². The summed E-state index contributed by atoms with van der Waals surface area (Å²) in [6.45, 7) is 0.483. The van der Waals surface area contributed by atoms with Crippen LogP contribution in [0.5, 0.6) is 0 Å². The minimum absolute atomic E-state index is 0.238. The van der Waals surface area contributed by atoms with Crippen molar-refractivity contribution < 1.29 is 9.90 Å². The van der Waals surface area contributed by atoms with Crippen molar-refractivity contribution in [1.29, 1.82) is 0 Å². The van der Waals surface area contributed by atoms with E-state index in [1.54, 1.807) is 18.8 Å². The third-order valence-corrected chi connectivity index (χ3v) is 4.06. The van der Waals surface area contributed by atoms with Crippen LogP contribution in [0.25, 0.3) is 0 Å². The Bertz CT molecular complexity index is 465. The molecule has 0 aromatic carbocycles. The van der Waals surface area contributed by atoms with Crippen molar-refractivity contribution in [3.05, 3.63) is 27.5 Å². The van der Waals surface area contributed by atoms with E-state index in [0.29, 0.717) is 12.2 Å². The molecular weight excluding hydrogens is 260 g/mol. The highest BCUT2D eigenvalue weighted by atomic mass is 35.5. The second-order valence-electron chi connectivity index (χ2n) is 3.81. The summed E-state index contributed by atoms with van der Waals surface area (Å²) in [4.78, 5) is 15.8. The molecule has 0 bridgehead atoms. The van der Waals surface area contributed by atoms with Crippen molar-refractivity contribution in [3.63, 3.8) is 0 Å². The zero-order valence-electron chi connectivity index (χ0n) is 9.42. The van der Waals surface area contributed by atoms with Gasteiger partial charge in [0.25, 0.3) is 0 Å². The number of aromatic carboxylic acids is 1. The predicted octanol–water partition coefficient (Wildman–Crippen LogP) is 1.94. The standard InChI is InChI=1S/C11H13ClN2O2S/c1-13-4-7-10(12)9(11(15)16)6-2-3-17-5-8(6)14-7/h13H,2-5H2,1H3,(H,15,16). The zero-order chi connectivity index (χ0) is 12.4. The van der Waals surface area contributed by atoms with Gasteiger partial charge in [-0.05, 0) is 24.8 Å². The zero-order valence-corrected chi connectivity index (χ0v) is 11.0. The van der Waals surface area contributed by atoms with E-state index in [-0.39, 0.29) is 10.6 Å². The molecule has 0 aliphatic carbocycles. The third kappa shape index (κ3) is 2.41. The lowest BCUT2D eigenvalue weighted by atomic mass is 10.0. The van der Waals surface area contributed by atoms with E-state index in [0.717, 1.165) is 29.2 Å². The Kier molecular flexibility index (Phi) is 3.91. The van der Waals surface area contributed by atoms with E-state index in [1.165, 1.54) is 0 Å². The lowest BCUT2D eigenvalue weighted by molar-refractivity contribution is 0.0695. The SMILES string of the molecule is CNCc1nc2c(c(C(=O)O)c1Cl)CCSC2. The summed E-state index contributed by atoms with van der Waals surface area (Å²) in [5.41, 5.74) is 2.53. The molecule has 1 aliphatic heterocycles. The molecule has 1 aliphatic rings. The Balaban J connectivity index is 2.60. The Morgan fingerprint density at radius 3 is 3.06 bits per heavy atom. The summed E-state index contributed by atoms with van der Waals surface area (Å²) in [5.74, 6) is 0.734. The number of halogens is 1. The minimum Gasteiger partial charge on any atom is -0.478 e. The summed E-state index contributed by atoms with van der Waals surface area (Å²) in [6, 6.07) is 0. The van der Waals surface area contributed by atoms with Crippen LogP contribution in [0.1, 0.15) is 27.3 Å². The molecular formula is C11H13ClN2O2S. The first-order valence-corrected chi connectivity index (χ1v) is 6.84. The number of pyridine rings is 1. The molecule has 2 heterocycles. The molecule has 0 saturated heterocycles. The fourth-order valence-corrected chi connectivity index (χ4v) is 3.17. The number of nitrogens with zero attached hydrogens (tertiary/aromatic N) is 1. The van der Waals surface area contributed by atoms with Crippen LogP contribution in [0, 0.1) is 0 Å². The van der Waals surface area contributed by atoms with Crippen LogP contribution >= 0.6 is 23.4 Å². The summed E-state index contributed by atoms with van der Waals surface area (Å²) in [6.07, 6.45) is 0.730. The highest BCUT2D eigenvalue weighted by Gasteiger charge is 2.24. The van der Waals surface area contributed by atoms with Gasteiger partial charge >= 0.3 is 5.97 Å². The van der Waals surface area contributed by atoms with Gasteiger partial charge in [0.2, 0.25) is 0 Å². The number of carbonyl (C=O) groups is 1. The van der Waals surface area contributed by atoms with E-state index in [4.69, 9.17) is 11.6 Å². The highest BCUT2D eigenvalue weighted by Crippen LogP contribution is 2.32. The number of hydrogen-bond acceptors (Lipinski definition) is 4. The third-order valence-electron chi connectivity index (χ3n) is 2.69. The maximum atomic E-state index is 11.3. The monoisotopic (exact) mass is 272 g/mol. The van der Waals surface area contributed by atoms with Gasteiger partial charge in [-0.1, -0.05) is 11.6 Å². The maximum absolute atomic E-state index is 11.3. The first-order chi connectivity index (χ1) is 8.15. The molecule has 6 heteroatoms. The molecule has 92 valence electrons. The Morgan fingerprint density at radius 2 is 2.41 bits per heavy atom. The topological polar surface area (TPSA) is 62.2 Å². The fraction of sp³-hybridized carbons (Fsp3) is 0.455. The van der Waals surface area contributed by atoms with Crippen LogP contribution < -0.4 is 5.32 Å². The van der Waals surface area contributed by atoms with Gasteiger partial charge in [-0.25, -0.2) is 4.79 Å². The lowest BCUT2D eigenvalue weighted by Gasteiger charge is -2.19. The van der Waals surface area contributed by atoms with Gasteiger partial charge in [0.1, 0.15) is 0 Å². The van der Waals surface area contributed by atoms with Gasteiger partial charge in [0, 0.05) is 12.3 Å². The number of nitrogens with one attached hydrogen (secondary N) is 1. The van der Waals surface area contributed by atoms with Gasteiger partial charge < -0.3 is 10.4 Å². The second-order valence-corrected chi connectivity index (χ2v) is 5.29. The molecule has 0 atom stereocenters. The predicted molar refractivity (Wildman–Crippen MR) is 68.8 cm³/mol. The summed E-state index contributed by atoms with van der Waals surface area (Å²) < 4.78 is 0. The van der Waals surface area contributed by atoms with Crippen LogP contribution in [0.3, 0.4) is 0 Å². The molecule has 0 fully saturated rings. The average molecular weight is 273 g/mol. The van der Waals surface area contributed by atoms with Crippen LogP contribution in [-0.2, 0) is 18.7 Å². The fourth-order valence-electron chi connectivity index (χ4n) is 1.94. The van der Waals surface area contributed by atoms with Crippen molar-refractivity contribution in [2.75, 3.05) is 12.8 Å². The number of rotatable bonds is 3. The molecule has 0 unspecified atom stereocenters. The van der Waals surface area contributed by atoms with E-state index in [9.17, 15) is 9.90 Å². The summed E-state index contributed by atoms with van der Waals surface area (Å²) >= 11 is 7.90. The molecule has 0 radical (unpaired) electrons. The first-order valence-electron chi connectivity index (χ1n) is 5.31. The number of thioether (sulfide) groups is 1. The van der Waals surface area contributed by atoms with Crippen molar-refractivity contribution in [1.82, 2.24) is 10.3 Å². The van der Waals surface area contributed by atoms with Crippen LogP contribution in [0.2, 0.25) is 5.02 Å². The number of hydrogen-bond donors (Lipinski definition) is 2. The molecule has 0 saturated carbocycles. The summed E-state index contributed by atoms with van der Waals surface area (Å²) in [5, 5.41) is 12.5. The van der Waals surface area contributed by atoms with Gasteiger partial charge in [-0.15, -0.1) is 0 Å². The van der Waals surface area contributed by atoms with Gasteiger partial charge in [0.15, 0.2) is 0 Å². The minimum atomic E-state index is -0.960. The Labute approximate surface area is 109 Å². The van der Waals surface area contributed by atoms with Crippen molar-refractivity contribution in [2.45, 2.75) is 18.7 Å².